The first-order chi connectivity index (χ1) is 7.93. The third kappa shape index (κ3) is 1.75. The van der Waals surface area contributed by atoms with Crippen molar-refractivity contribution >= 4 is 16.5 Å². The van der Waals surface area contributed by atoms with E-state index in [2.05, 4.69) is 34.6 Å². The molecule has 1 heterocycles. The Hall–Kier alpha value is -1.57. The summed E-state index contributed by atoms with van der Waals surface area (Å²) in [6, 6.07) is 9.12. The van der Waals surface area contributed by atoms with Crippen molar-refractivity contribution in [2.45, 2.75) is 31.7 Å². The topological polar surface area (TPSA) is 24.9 Å². The van der Waals surface area contributed by atoms with E-state index in [1.54, 1.807) is 0 Å². The minimum Gasteiger partial charge on any atom is -0.382 e. The third-order valence-corrected chi connectivity index (χ3v) is 3.40. The van der Waals surface area contributed by atoms with Gasteiger partial charge < -0.3 is 5.32 Å². The van der Waals surface area contributed by atoms with Crippen LogP contribution in [-0.4, -0.2) is 11.0 Å². The molecule has 16 heavy (non-hydrogen) atoms. The summed E-state index contributed by atoms with van der Waals surface area (Å²) in [5.74, 6) is 0. The summed E-state index contributed by atoms with van der Waals surface area (Å²) in [6.45, 7) is 0. The Labute approximate surface area is 95.7 Å². The molecule has 0 saturated heterocycles. The summed E-state index contributed by atoms with van der Waals surface area (Å²) in [5.41, 5.74) is 1.23. The number of benzene rings is 1. The zero-order valence-electron chi connectivity index (χ0n) is 9.32. The highest BCUT2D eigenvalue weighted by Gasteiger charge is 2.15. The van der Waals surface area contributed by atoms with Gasteiger partial charge in [-0.25, -0.2) is 0 Å². The fraction of sp³-hybridized carbons (Fsp3) is 0.357. The van der Waals surface area contributed by atoms with E-state index in [-0.39, 0.29) is 0 Å². The minimum atomic E-state index is 0.658. The molecule has 0 amide bonds. The molecule has 82 valence electrons. The summed E-state index contributed by atoms with van der Waals surface area (Å²) >= 11 is 0. The maximum Gasteiger partial charge on any atom is 0.0437 e. The van der Waals surface area contributed by atoms with Crippen LogP contribution in [0.4, 0.5) is 5.69 Å². The number of anilines is 1. The molecule has 3 rings (SSSR count). The average molecular weight is 212 g/mol. The normalized spacial score (nSPS) is 16.8. The fourth-order valence-corrected chi connectivity index (χ4v) is 2.53. The lowest BCUT2D eigenvalue weighted by Gasteiger charge is -2.15. The van der Waals surface area contributed by atoms with Gasteiger partial charge in [-0.1, -0.05) is 25.0 Å². The van der Waals surface area contributed by atoms with E-state index in [9.17, 15) is 0 Å². The molecule has 0 spiro atoms. The van der Waals surface area contributed by atoms with Crippen LogP contribution >= 0.6 is 0 Å². The Kier molecular flexibility index (Phi) is 2.49. The number of rotatable bonds is 2. The van der Waals surface area contributed by atoms with Crippen molar-refractivity contribution in [1.82, 2.24) is 4.98 Å². The maximum atomic E-state index is 4.21. The second-order valence-corrected chi connectivity index (χ2v) is 4.53. The lowest BCUT2D eigenvalue weighted by atomic mass is 10.1. The monoisotopic (exact) mass is 212 g/mol. The quantitative estimate of drug-likeness (QED) is 0.822. The summed E-state index contributed by atoms with van der Waals surface area (Å²) < 4.78 is 0. The van der Waals surface area contributed by atoms with Gasteiger partial charge in [-0.15, -0.1) is 0 Å². The molecule has 0 radical (unpaired) electrons. The molecule has 0 aliphatic heterocycles. The van der Waals surface area contributed by atoms with Crippen molar-refractivity contribution in [2.75, 3.05) is 5.32 Å². The number of nitrogens with one attached hydrogen (secondary N) is 1. The van der Waals surface area contributed by atoms with Gasteiger partial charge in [0.05, 0.1) is 0 Å². The lowest BCUT2D eigenvalue weighted by Crippen LogP contribution is -2.14. The summed E-state index contributed by atoms with van der Waals surface area (Å²) in [5, 5.41) is 6.14. The molecule has 1 aromatic carbocycles. The molecule has 1 fully saturated rings. The molecular formula is C14H16N2. The van der Waals surface area contributed by atoms with E-state index in [1.807, 2.05) is 12.4 Å². The lowest BCUT2D eigenvalue weighted by molar-refractivity contribution is 0.756. The molecule has 1 saturated carbocycles. The first-order valence-corrected chi connectivity index (χ1v) is 6.03. The van der Waals surface area contributed by atoms with Crippen molar-refractivity contribution in [3.05, 3.63) is 36.7 Å². The average Bonchev–Trinajstić information content (AvgIpc) is 2.82. The predicted molar refractivity (Wildman–Crippen MR) is 67.6 cm³/mol. The molecule has 1 N–H and O–H groups in total. The smallest absolute Gasteiger partial charge is 0.0437 e. The van der Waals surface area contributed by atoms with Crippen LogP contribution in [0.1, 0.15) is 25.7 Å². The first-order valence-electron chi connectivity index (χ1n) is 6.03. The second kappa shape index (κ2) is 4.12. The minimum absolute atomic E-state index is 0.658. The summed E-state index contributed by atoms with van der Waals surface area (Å²) in [6.07, 6.45) is 9.13. The van der Waals surface area contributed by atoms with Gasteiger partial charge in [0, 0.05) is 29.5 Å². The molecule has 0 unspecified atom stereocenters. The number of hydrogen-bond donors (Lipinski definition) is 1. The molecule has 2 heteroatoms. The van der Waals surface area contributed by atoms with E-state index in [4.69, 9.17) is 0 Å². The molecule has 1 aromatic heterocycles. The third-order valence-electron chi connectivity index (χ3n) is 3.40. The van der Waals surface area contributed by atoms with Crippen LogP contribution in [0.5, 0.6) is 0 Å². The van der Waals surface area contributed by atoms with Gasteiger partial charge >= 0.3 is 0 Å². The summed E-state index contributed by atoms with van der Waals surface area (Å²) in [7, 11) is 0. The SMILES string of the molecule is c1cc(NC2CCCC2)c2cnccc2c1. The van der Waals surface area contributed by atoms with Crippen LogP contribution in [-0.2, 0) is 0 Å². The molecule has 0 atom stereocenters. The van der Waals surface area contributed by atoms with E-state index in [0.29, 0.717) is 6.04 Å². The Bertz CT molecular complexity index is 482. The zero-order valence-corrected chi connectivity index (χ0v) is 9.32. The van der Waals surface area contributed by atoms with Crippen LogP contribution in [0.2, 0.25) is 0 Å². The molecule has 1 aliphatic rings. The Balaban J connectivity index is 1.96. The van der Waals surface area contributed by atoms with Crippen LogP contribution < -0.4 is 5.32 Å². The highest BCUT2D eigenvalue weighted by atomic mass is 14.9. The van der Waals surface area contributed by atoms with E-state index in [0.717, 1.165) is 0 Å². The van der Waals surface area contributed by atoms with Crippen molar-refractivity contribution in [3.63, 3.8) is 0 Å². The largest absolute Gasteiger partial charge is 0.382 e. The van der Waals surface area contributed by atoms with Gasteiger partial charge in [-0.05, 0) is 30.4 Å². The van der Waals surface area contributed by atoms with Gasteiger partial charge in [0.25, 0.3) is 0 Å². The second-order valence-electron chi connectivity index (χ2n) is 4.53. The zero-order chi connectivity index (χ0) is 10.8. The van der Waals surface area contributed by atoms with E-state index >= 15 is 0 Å². The Morgan fingerprint density at radius 3 is 2.88 bits per heavy atom. The maximum absolute atomic E-state index is 4.21. The van der Waals surface area contributed by atoms with Gasteiger partial charge in [0.15, 0.2) is 0 Å². The van der Waals surface area contributed by atoms with Crippen molar-refractivity contribution in [1.29, 1.82) is 0 Å². The van der Waals surface area contributed by atoms with Crippen molar-refractivity contribution in [3.8, 4) is 0 Å². The Morgan fingerprint density at radius 1 is 1.12 bits per heavy atom. The molecular weight excluding hydrogens is 196 g/mol. The van der Waals surface area contributed by atoms with Crippen LogP contribution in [0.15, 0.2) is 36.7 Å². The first kappa shape index (κ1) is 9.64. The van der Waals surface area contributed by atoms with E-state index in [1.165, 1.54) is 42.1 Å². The van der Waals surface area contributed by atoms with Gasteiger partial charge in [-0.2, -0.15) is 0 Å². The number of aromatic nitrogens is 1. The van der Waals surface area contributed by atoms with Crippen LogP contribution in [0, 0.1) is 0 Å². The molecule has 2 aromatic rings. The van der Waals surface area contributed by atoms with Gasteiger partial charge in [-0.3, -0.25) is 4.98 Å². The predicted octanol–water partition coefficient (Wildman–Crippen LogP) is 3.59. The number of nitrogens with zero attached hydrogens (tertiary/aromatic N) is 1. The van der Waals surface area contributed by atoms with Crippen molar-refractivity contribution < 1.29 is 0 Å². The van der Waals surface area contributed by atoms with Crippen molar-refractivity contribution in [2.24, 2.45) is 0 Å². The standard InChI is InChI=1S/C14H16N2/c1-2-6-12(5-1)16-14-7-3-4-11-8-9-15-10-13(11)14/h3-4,7-10,12,16H,1-2,5-6H2. The molecule has 1 aliphatic carbocycles. The highest BCUT2D eigenvalue weighted by Crippen LogP contribution is 2.27. The van der Waals surface area contributed by atoms with Gasteiger partial charge in [0.2, 0.25) is 0 Å². The van der Waals surface area contributed by atoms with Gasteiger partial charge in [0.1, 0.15) is 0 Å². The number of pyridine rings is 1. The van der Waals surface area contributed by atoms with Crippen LogP contribution in [0.25, 0.3) is 10.8 Å². The number of hydrogen-bond acceptors (Lipinski definition) is 2. The van der Waals surface area contributed by atoms with Crippen LogP contribution in [0.3, 0.4) is 0 Å². The number of fused-ring (bicyclic) bond motifs is 1. The molecule has 0 bridgehead atoms. The van der Waals surface area contributed by atoms with E-state index < -0.39 is 0 Å². The summed E-state index contributed by atoms with van der Waals surface area (Å²) in [4.78, 5) is 4.21. The molecule has 2 nitrogen and oxygen atoms in total. The highest BCUT2D eigenvalue weighted by molar-refractivity contribution is 5.93. The fourth-order valence-electron chi connectivity index (χ4n) is 2.53. The Morgan fingerprint density at radius 2 is 2.00 bits per heavy atom.